The Bertz CT molecular complexity index is 1160. The van der Waals surface area contributed by atoms with Crippen LogP contribution in [0.15, 0.2) is 47.4 Å². The molecule has 9 heteroatoms. The van der Waals surface area contributed by atoms with Gasteiger partial charge in [-0.1, -0.05) is 23.5 Å². The molecule has 0 radical (unpaired) electrons. The molecule has 3 rings (SSSR count). The molecule has 3 aromatic rings. The molecular weight excluding hydrogens is 434 g/mol. The van der Waals surface area contributed by atoms with Crippen molar-refractivity contribution in [2.24, 2.45) is 0 Å². The summed E-state index contributed by atoms with van der Waals surface area (Å²) in [4.78, 5) is 17.0. The van der Waals surface area contributed by atoms with E-state index >= 15 is 0 Å². The Kier molecular flexibility index (Phi) is 6.98. The smallest absolute Gasteiger partial charge is 0.243 e. The zero-order chi connectivity index (χ0) is 22.8. The number of benzene rings is 2. The maximum absolute atomic E-state index is 13.1. The van der Waals surface area contributed by atoms with Gasteiger partial charge in [0.25, 0.3) is 0 Å². The minimum absolute atomic E-state index is 0.157. The van der Waals surface area contributed by atoms with Gasteiger partial charge in [0.05, 0.1) is 28.6 Å². The zero-order valence-corrected chi connectivity index (χ0v) is 19.9. The molecule has 0 spiro atoms. The molecule has 0 aliphatic rings. The molecule has 1 aromatic heterocycles. The number of nitrogens with zero attached hydrogens (tertiary/aromatic N) is 2. The maximum atomic E-state index is 13.1. The highest BCUT2D eigenvalue weighted by atomic mass is 32.2. The van der Waals surface area contributed by atoms with Crippen molar-refractivity contribution in [3.8, 4) is 5.75 Å². The van der Waals surface area contributed by atoms with Gasteiger partial charge < -0.3 is 10.1 Å². The average Bonchev–Trinajstić information content (AvgIpc) is 3.08. The molecule has 7 nitrogen and oxygen atoms in total. The predicted molar refractivity (Wildman–Crippen MR) is 124 cm³/mol. The second-order valence-electron chi connectivity index (χ2n) is 7.74. The fraction of sp³-hybridized carbons (Fsp3) is 0.364. The second-order valence-corrected chi connectivity index (χ2v) is 10.6. The van der Waals surface area contributed by atoms with Crippen LogP contribution in [-0.4, -0.2) is 42.8 Å². The fourth-order valence-corrected chi connectivity index (χ4v) is 6.34. The van der Waals surface area contributed by atoms with Crippen LogP contribution in [-0.2, 0) is 21.2 Å². The summed E-state index contributed by atoms with van der Waals surface area (Å²) in [5, 5.41) is 3.24. The molecule has 0 saturated heterocycles. The quantitative estimate of drug-likeness (QED) is 0.540. The molecule has 166 valence electrons. The lowest BCUT2D eigenvalue weighted by molar-refractivity contribution is -0.115. The van der Waals surface area contributed by atoms with E-state index in [1.807, 2.05) is 39.8 Å². The van der Waals surface area contributed by atoms with Gasteiger partial charge in [0, 0.05) is 12.1 Å². The first-order chi connectivity index (χ1) is 14.6. The van der Waals surface area contributed by atoms with Crippen LogP contribution in [0.1, 0.15) is 33.3 Å². The van der Waals surface area contributed by atoms with Gasteiger partial charge in [0.1, 0.15) is 5.75 Å². The summed E-state index contributed by atoms with van der Waals surface area (Å²) >= 11 is 1.26. The standard InChI is InChI=1S/C22H27N3O4S2/c1-14(2)25(15(3)4)31(27,28)18-10-11-19-20(13-18)30-22(23-19)24-21(26)12-16-6-8-17(29-5)9-7-16/h6-11,13-15H,12H2,1-5H3,(H,23,24,26). The lowest BCUT2D eigenvalue weighted by atomic mass is 10.1. The van der Waals surface area contributed by atoms with Gasteiger partial charge in [0.15, 0.2) is 5.13 Å². The number of carbonyl (C=O) groups excluding carboxylic acids is 1. The number of thiazole rings is 1. The molecule has 31 heavy (non-hydrogen) atoms. The van der Waals surface area contributed by atoms with E-state index in [0.717, 1.165) is 11.3 Å². The minimum atomic E-state index is -3.64. The number of hydrogen-bond acceptors (Lipinski definition) is 6. The summed E-state index contributed by atoms with van der Waals surface area (Å²) in [5.41, 5.74) is 1.50. The van der Waals surface area contributed by atoms with E-state index < -0.39 is 10.0 Å². The highest BCUT2D eigenvalue weighted by Gasteiger charge is 2.29. The van der Waals surface area contributed by atoms with Crippen LogP contribution in [0, 0.1) is 0 Å². The summed E-state index contributed by atoms with van der Waals surface area (Å²) < 4.78 is 33.6. The van der Waals surface area contributed by atoms with Gasteiger partial charge >= 0.3 is 0 Å². The topological polar surface area (TPSA) is 88.6 Å². The van der Waals surface area contributed by atoms with Gasteiger partial charge in [-0.3, -0.25) is 4.79 Å². The molecule has 0 saturated carbocycles. The molecular formula is C22H27N3O4S2. The molecule has 2 aromatic carbocycles. The Morgan fingerprint density at radius 2 is 1.74 bits per heavy atom. The minimum Gasteiger partial charge on any atom is -0.497 e. The number of rotatable bonds is 8. The average molecular weight is 462 g/mol. The molecule has 0 unspecified atom stereocenters. The maximum Gasteiger partial charge on any atom is 0.243 e. The summed E-state index contributed by atoms with van der Waals surface area (Å²) in [5.74, 6) is 0.539. The number of fused-ring (bicyclic) bond motifs is 1. The fourth-order valence-electron chi connectivity index (χ4n) is 3.48. The van der Waals surface area contributed by atoms with Gasteiger partial charge in [0.2, 0.25) is 15.9 Å². The van der Waals surface area contributed by atoms with E-state index in [-0.39, 0.29) is 29.3 Å². The third kappa shape index (κ3) is 5.23. The Hall–Kier alpha value is -2.49. The highest BCUT2D eigenvalue weighted by Crippen LogP contribution is 2.30. The molecule has 0 bridgehead atoms. The van der Waals surface area contributed by atoms with Gasteiger partial charge in [-0.25, -0.2) is 13.4 Å². The van der Waals surface area contributed by atoms with Crippen molar-refractivity contribution in [2.45, 2.75) is 51.1 Å². The van der Waals surface area contributed by atoms with Crippen molar-refractivity contribution in [1.82, 2.24) is 9.29 Å². The van der Waals surface area contributed by atoms with E-state index in [1.54, 1.807) is 37.4 Å². The lowest BCUT2D eigenvalue weighted by Crippen LogP contribution is -2.41. The number of sulfonamides is 1. The van der Waals surface area contributed by atoms with Crippen LogP contribution in [0.2, 0.25) is 0 Å². The number of hydrogen-bond donors (Lipinski definition) is 1. The van der Waals surface area contributed by atoms with Crippen LogP contribution < -0.4 is 10.1 Å². The van der Waals surface area contributed by atoms with Crippen molar-refractivity contribution < 1.29 is 17.9 Å². The number of anilines is 1. The highest BCUT2D eigenvalue weighted by molar-refractivity contribution is 7.89. The third-order valence-electron chi connectivity index (χ3n) is 4.72. The Labute approximate surface area is 187 Å². The van der Waals surface area contributed by atoms with E-state index in [2.05, 4.69) is 10.3 Å². The number of amides is 1. The number of aromatic nitrogens is 1. The number of methoxy groups -OCH3 is 1. The van der Waals surface area contributed by atoms with Gasteiger partial charge in [-0.15, -0.1) is 0 Å². The first-order valence-electron chi connectivity index (χ1n) is 9.98. The SMILES string of the molecule is COc1ccc(CC(=O)Nc2nc3ccc(S(=O)(=O)N(C(C)C)C(C)C)cc3s2)cc1. The third-order valence-corrected chi connectivity index (χ3v) is 7.90. The number of nitrogens with one attached hydrogen (secondary N) is 1. The lowest BCUT2D eigenvalue weighted by Gasteiger charge is -2.29. The van der Waals surface area contributed by atoms with E-state index in [0.29, 0.717) is 15.3 Å². The molecule has 0 aliphatic heterocycles. The van der Waals surface area contributed by atoms with Crippen molar-refractivity contribution in [3.05, 3.63) is 48.0 Å². The van der Waals surface area contributed by atoms with Crippen LogP contribution in [0.25, 0.3) is 10.2 Å². The monoisotopic (exact) mass is 461 g/mol. The van der Waals surface area contributed by atoms with E-state index in [4.69, 9.17) is 4.74 Å². The van der Waals surface area contributed by atoms with E-state index in [9.17, 15) is 13.2 Å². The molecule has 0 aliphatic carbocycles. The Morgan fingerprint density at radius 1 is 1.10 bits per heavy atom. The van der Waals surface area contributed by atoms with Crippen LogP contribution in [0.5, 0.6) is 5.75 Å². The molecule has 1 amide bonds. The predicted octanol–water partition coefficient (Wildman–Crippen LogP) is 4.29. The van der Waals surface area contributed by atoms with E-state index in [1.165, 1.54) is 15.6 Å². The van der Waals surface area contributed by atoms with Crippen molar-refractivity contribution >= 4 is 42.6 Å². The van der Waals surface area contributed by atoms with Crippen LogP contribution in [0.3, 0.4) is 0 Å². The molecule has 0 fully saturated rings. The largest absolute Gasteiger partial charge is 0.497 e. The normalized spacial score (nSPS) is 12.1. The summed E-state index contributed by atoms with van der Waals surface area (Å²) in [6.07, 6.45) is 0.206. The van der Waals surface area contributed by atoms with Crippen molar-refractivity contribution in [2.75, 3.05) is 12.4 Å². The van der Waals surface area contributed by atoms with Crippen molar-refractivity contribution in [1.29, 1.82) is 0 Å². The summed E-state index contributed by atoms with van der Waals surface area (Å²) in [6.45, 7) is 7.44. The van der Waals surface area contributed by atoms with Crippen LogP contribution >= 0.6 is 11.3 Å². The summed E-state index contributed by atoms with van der Waals surface area (Å²) in [6, 6.07) is 11.8. The second kappa shape index (κ2) is 9.33. The number of carbonyl (C=O) groups is 1. The van der Waals surface area contributed by atoms with Gasteiger partial charge in [-0.05, 0) is 63.6 Å². The molecule has 1 heterocycles. The Morgan fingerprint density at radius 3 is 2.32 bits per heavy atom. The number of ether oxygens (including phenoxy) is 1. The Balaban J connectivity index is 1.79. The zero-order valence-electron chi connectivity index (χ0n) is 18.2. The van der Waals surface area contributed by atoms with Crippen LogP contribution in [0.4, 0.5) is 5.13 Å². The molecule has 0 atom stereocenters. The van der Waals surface area contributed by atoms with Crippen molar-refractivity contribution in [3.63, 3.8) is 0 Å². The molecule has 1 N–H and O–H groups in total. The van der Waals surface area contributed by atoms with Gasteiger partial charge in [-0.2, -0.15) is 4.31 Å². The first kappa shape index (κ1) is 23.2. The summed E-state index contributed by atoms with van der Waals surface area (Å²) in [7, 11) is -2.04. The first-order valence-corrected chi connectivity index (χ1v) is 12.2.